The molecule has 7 heteroatoms. The molecule has 0 aromatic rings. The second kappa shape index (κ2) is 11.5. The molecule has 1 unspecified atom stereocenters. The number of carbonyl (C=O) groups is 1. The van der Waals surface area contributed by atoms with E-state index in [-0.39, 0.29) is 42.9 Å². The van der Waals surface area contributed by atoms with Gasteiger partial charge in [0.15, 0.2) is 0 Å². The molecule has 2 aliphatic heterocycles. The van der Waals surface area contributed by atoms with E-state index in [4.69, 9.17) is 0 Å². The van der Waals surface area contributed by atoms with Crippen molar-refractivity contribution in [2.24, 2.45) is 0 Å². The molecule has 0 saturated carbocycles. The Hall–Kier alpha value is -0.0700. The summed E-state index contributed by atoms with van der Waals surface area (Å²) in [6.45, 7) is 4.72. The van der Waals surface area contributed by atoms with E-state index in [0.717, 1.165) is 64.8 Å². The number of piperidine rings is 2. The van der Waals surface area contributed by atoms with Crippen LogP contribution in [0.15, 0.2) is 0 Å². The van der Waals surface area contributed by atoms with Crippen molar-refractivity contribution >= 4 is 30.7 Å². The fraction of sp³-hybridized carbons (Fsp3) is 0.929. The molecule has 2 aliphatic rings. The van der Waals surface area contributed by atoms with Crippen LogP contribution < -0.4 is 10.6 Å². The number of amides is 1. The Morgan fingerprint density at radius 2 is 1.90 bits per heavy atom. The number of hydrogen-bond acceptors (Lipinski definition) is 4. The van der Waals surface area contributed by atoms with Gasteiger partial charge in [-0.05, 0) is 45.2 Å². The Balaban J connectivity index is 0.00000200. The Morgan fingerprint density at radius 1 is 1.19 bits per heavy atom. The standard InChI is InChI=1S/C14H27N3O2.2ClH/c18-12-5-10-17(11-6-12)9-3-8-16-14(19)13-4-1-2-7-15-13;;/h12-13,15,18H,1-11H2,(H,16,19);2*1H. The van der Waals surface area contributed by atoms with Crippen molar-refractivity contribution in [2.45, 2.75) is 50.7 Å². The summed E-state index contributed by atoms with van der Waals surface area (Å²) in [7, 11) is 0. The fourth-order valence-corrected chi connectivity index (χ4v) is 2.86. The molecule has 0 aromatic heterocycles. The molecule has 2 saturated heterocycles. The minimum Gasteiger partial charge on any atom is -0.393 e. The summed E-state index contributed by atoms with van der Waals surface area (Å²) in [6, 6.07) is 0.0267. The first-order chi connectivity index (χ1) is 9.25. The molecule has 0 aliphatic carbocycles. The maximum absolute atomic E-state index is 11.9. The van der Waals surface area contributed by atoms with Crippen LogP contribution in [0.4, 0.5) is 0 Å². The average Bonchev–Trinajstić information content (AvgIpc) is 2.46. The molecule has 2 rings (SSSR count). The zero-order valence-electron chi connectivity index (χ0n) is 12.6. The van der Waals surface area contributed by atoms with E-state index in [2.05, 4.69) is 15.5 Å². The lowest BCUT2D eigenvalue weighted by Crippen LogP contribution is -2.47. The molecule has 2 fully saturated rings. The third kappa shape index (κ3) is 7.66. The number of rotatable bonds is 5. The van der Waals surface area contributed by atoms with E-state index in [1.54, 1.807) is 0 Å². The second-order valence-corrected chi connectivity index (χ2v) is 5.72. The Labute approximate surface area is 140 Å². The Kier molecular flexibility index (Phi) is 11.5. The molecule has 1 amide bonds. The van der Waals surface area contributed by atoms with Crippen molar-refractivity contribution in [3.63, 3.8) is 0 Å². The van der Waals surface area contributed by atoms with Crippen LogP contribution in [0.25, 0.3) is 0 Å². The third-order valence-electron chi connectivity index (χ3n) is 4.13. The largest absolute Gasteiger partial charge is 0.393 e. The molecular formula is C14H29Cl2N3O2. The number of aliphatic hydroxyl groups excluding tert-OH is 1. The van der Waals surface area contributed by atoms with Crippen LogP contribution in [0.5, 0.6) is 0 Å². The number of nitrogens with one attached hydrogen (secondary N) is 2. The predicted octanol–water partition coefficient (Wildman–Crippen LogP) is 0.935. The van der Waals surface area contributed by atoms with Gasteiger partial charge in [-0.2, -0.15) is 0 Å². The summed E-state index contributed by atoms with van der Waals surface area (Å²) in [6.07, 6.45) is 5.97. The molecule has 2 heterocycles. The Bertz CT molecular complexity index is 281. The van der Waals surface area contributed by atoms with Gasteiger partial charge >= 0.3 is 0 Å². The van der Waals surface area contributed by atoms with Crippen molar-refractivity contribution in [3.05, 3.63) is 0 Å². The molecule has 3 N–H and O–H groups in total. The third-order valence-corrected chi connectivity index (χ3v) is 4.13. The van der Waals surface area contributed by atoms with Crippen molar-refractivity contribution < 1.29 is 9.90 Å². The number of aliphatic hydroxyl groups is 1. The van der Waals surface area contributed by atoms with Crippen molar-refractivity contribution in [1.29, 1.82) is 0 Å². The topological polar surface area (TPSA) is 64.6 Å². The van der Waals surface area contributed by atoms with E-state index >= 15 is 0 Å². The van der Waals surface area contributed by atoms with E-state index in [9.17, 15) is 9.90 Å². The molecule has 0 bridgehead atoms. The van der Waals surface area contributed by atoms with Crippen LogP contribution >= 0.6 is 24.8 Å². The monoisotopic (exact) mass is 341 g/mol. The number of halogens is 2. The van der Waals surface area contributed by atoms with Crippen molar-refractivity contribution in [2.75, 3.05) is 32.7 Å². The number of hydrogen-bond donors (Lipinski definition) is 3. The van der Waals surface area contributed by atoms with Gasteiger partial charge in [0, 0.05) is 19.6 Å². The van der Waals surface area contributed by atoms with Gasteiger partial charge in [0.25, 0.3) is 0 Å². The number of likely N-dealkylation sites (tertiary alicyclic amines) is 1. The first kappa shape index (κ1) is 20.9. The van der Waals surface area contributed by atoms with Gasteiger partial charge in [0.2, 0.25) is 5.91 Å². The number of carbonyl (C=O) groups excluding carboxylic acids is 1. The summed E-state index contributed by atoms with van der Waals surface area (Å²) >= 11 is 0. The van der Waals surface area contributed by atoms with Gasteiger partial charge in [0.05, 0.1) is 12.1 Å². The van der Waals surface area contributed by atoms with E-state index in [0.29, 0.717) is 0 Å². The van der Waals surface area contributed by atoms with Gasteiger partial charge in [-0.25, -0.2) is 0 Å². The normalized spacial score (nSPS) is 23.8. The fourth-order valence-electron chi connectivity index (χ4n) is 2.86. The summed E-state index contributed by atoms with van der Waals surface area (Å²) < 4.78 is 0. The molecule has 5 nitrogen and oxygen atoms in total. The molecule has 21 heavy (non-hydrogen) atoms. The quantitative estimate of drug-likeness (QED) is 0.651. The zero-order valence-corrected chi connectivity index (χ0v) is 14.2. The van der Waals surface area contributed by atoms with E-state index in [1.165, 1.54) is 6.42 Å². The molecular weight excluding hydrogens is 313 g/mol. The van der Waals surface area contributed by atoms with Gasteiger partial charge < -0.3 is 20.6 Å². The summed E-state index contributed by atoms with van der Waals surface area (Å²) in [5.41, 5.74) is 0. The van der Waals surface area contributed by atoms with E-state index < -0.39 is 0 Å². The highest BCUT2D eigenvalue weighted by Crippen LogP contribution is 2.10. The summed E-state index contributed by atoms with van der Waals surface area (Å²) in [4.78, 5) is 14.2. The van der Waals surface area contributed by atoms with Crippen LogP contribution in [-0.4, -0.2) is 60.8 Å². The lowest BCUT2D eigenvalue weighted by atomic mass is 10.0. The highest BCUT2D eigenvalue weighted by Gasteiger charge is 2.20. The summed E-state index contributed by atoms with van der Waals surface area (Å²) in [5, 5.41) is 15.7. The predicted molar refractivity (Wildman–Crippen MR) is 89.4 cm³/mol. The Morgan fingerprint density at radius 3 is 2.52 bits per heavy atom. The van der Waals surface area contributed by atoms with Crippen LogP contribution in [0.2, 0.25) is 0 Å². The minimum atomic E-state index is -0.103. The maximum atomic E-state index is 11.9. The maximum Gasteiger partial charge on any atom is 0.237 e. The molecule has 126 valence electrons. The van der Waals surface area contributed by atoms with Crippen LogP contribution in [-0.2, 0) is 4.79 Å². The molecule has 0 radical (unpaired) electrons. The highest BCUT2D eigenvalue weighted by atomic mass is 35.5. The van der Waals surface area contributed by atoms with Gasteiger partial charge in [0.1, 0.15) is 0 Å². The van der Waals surface area contributed by atoms with Gasteiger partial charge in [-0.15, -0.1) is 24.8 Å². The van der Waals surface area contributed by atoms with Crippen LogP contribution in [0.1, 0.15) is 38.5 Å². The summed E-state index contributed by atoms with van der Waals surface area (Å²) in [5.74, 6) is 0.161. The number of nitrogens with zero attached hydrogens (tertiary/aromatic N) is 1. The average molecular weight is 342 g/mol. The lowest BCUT2D eigenvalue weighted by molar-refractivity contribution is -0.123. The highest BCUT2D eigenvalue weighted by molar-refractivity contribution is 5.85. The first-order valence-corrected chi connectivity index (χ1v) is 7.67. The molecule has 0 aromatic carbocycles. The van der Waals surface area contributed by atoms with Crippen molar-refractivity contribution in [1.82, 2.24) is 15.5 Å². The SMILES string of the molecule is Cl.Cl.O=C(NCCCN1CCC(O)CC1)C1CCCCN1. The van der Waals surface area contributed by atoms with Crippen LogP contribution in [0.3, 0.4) is 0 Å². The molecule has 1 atom stereocenters. The zero-order chi connectivity index (χ0) is 13.5. The van der Waals surface area contributed by atoms with Crippen LogP contribution in [0, 0.1) is 0 Å². The molecule has 0 spiro atoms. The first-order valence-electron chi connectivity index (χ1n) is 7.67. The van der Waals surface area contributed by atoms with Gasteiger partial charge in [-0.3, -0.25) is 4.79 Å². The van der Waals surface area contributed by atoms with Gasteiger partial charge in [-0.1, -0.05) is 6.42 Å². The lowest BCUT2D eigenvalue weighted by Gasteiger charge is -2.29. The minimum absolute atomic E-state index is 0. The van der Waals surface area contributed by atoms with E-state index in [1.807, 2.05) is 0 Å². The smallest absolute Gasteiger partial charge is 0.237 e. The van der Waals surface area contributed by atoms with Crippen molar-refractivity contribution in [3.8, 4) is 0 Å². The second-order valence-electron chi connectivity index (χ2n) is 5.72.